The number of fused-ring (bicyclic) bond motifs is 1. The molecule has 1 N–H and O–H groups in total. The second-order valence-corrected chi connectivity index (χ2v) is 4.11. The summed E-state index contributed by atoms with van der Waals surface area (Å²) < 4.78 is 31.4. The molecule has 0 aromatic heterocycles. The number of benzene rings is 1. The molecule has 0 radical (unpaired) electrons. The first-order valence-electron chi connectivity index (χ1n) is 5.33. The summed E-state index contributed by atoms with van der Waals surface area (Å²) in [6.07, 6.45) is 4.13. The van der Waals surface area contributed by atoms with Crippen LogP contribution in [0.4, 0.5) is 8.78 Å². The lowest BCUT2D eigenvalue weighted by molar-refractivity contribution is 0.351. The van der Waals surface area contributed by atoms with Crippen LogP contribution >= 0.6 is 0 Å². The first-order chi connectivity index (χ1) is 7.74. The third-order valence-corrected chi connectivity index (χ3v) is 2.78. The van der Waals surface area contributed by atoms with E-state index in [1.807, 2.05) is 6.08 Å². The van der Waals surface area contributed by atoms with Crippen LogP contribution in [-0.2, 0) is 0 Å². The Bertz CT molecular complexity index is 466. The van der Waals surface area contributed by atoms with Crippen molar-refractivity contribution < 1.29 is 13.5 Å². The molecule has 3 rings (SSSR count). The minimum atomic E-state index is -0.869. The van der Waals surface area contributed by atoms with Crippen LogP contribution < -0.4 is 10.1 Å². The molecule has 1 aliphatic heterocycles. The fourth-order valence-corrected chi connectivity index (χ4v) is 1.77. The van der Waals surface area contributed by atoms with Crippen molar-refractivity contribution in [1.29, 1.82) is 0 Å². The predicted molar refractivity (Wildman–Crippen MR) is 56.0 cm³/mol. The number of hydrogen-bond donors (Lipinski definition) is 1. The molecule has 84 valence electrons. The van der Waals surface area contributed by atoms with Crippen molar-refractivity contribution in [2.45, 2.75) is 18.9 Å². The van der Waals surface area contributed by atoms with Gasteiger partial charge in [-0.1, -0.05) is 0 Å². The molecule has 4 heteroatoms. The number of halogens is 2. The zero-order valence-electron chi connectivity index (χ0n) is 8.59. The molecule has 1 fully saturated rings. The highest BCUT2D eigenvalue weighted by molar-refractivity contribution is 5.71. The van der Waals surface area contributed by atoms with E-state index in [-0.39, 0.29) is 0 Å². The average molecular weight is 223 g/mol. The zero-order chi connectivity index (χ0) is 11.1. The third kappa shape index (κ3) is 1.64. The van der Waals surface area contributed by atoms with Crippen molar-refractivity contribution in [2.24, 2.45) is 0 Å². The molecular weight excluding hydrogens is 212 g/mol. The Hall–Kier alpha value is -1.58. The van der Waals surface area contributed by atoms with Gasteiger partial charge in [0.25, 0.3) is 0 Å². The lowest BCUT2D eigenvalue weighted by Gasteiger charge is -2.20. The highest BCUT2D eigenvalue weighted by Gasteiger charge is 2.25. The minimum Gasteiger partial charge on any atom is -0.489 e. The number of rotatable bonds is 2. The highest BCUT2D eigenvalue weighted by Crippen LogP contribution is 2.32. The first kappa shape index (κ1) is 9.63. The summed E-state index contributed by atoms with van der Waals surface area (Å²) in [5.74, 6) is -1.30. The second kappa shape index (κ2) is 3.47. The smallest absolute Gasteiger partial charge is 0.162 e. The Morgan fingerprint density at radius 2 is 1.94 bits per heavy atom. The van der Waals surface area contributed by atoms with Crippen LogP contribution in [0.1, 0.15) is 18.4 Å². The molecule has 1 aromatic carbocycles. The first-order valence-corrected chi connectivity index (χ1v) is 5.33. The molecule has 0 unspecified atom stereocenters. The molecule has 16 heavy (non-hydrogen) atoms. The third-order valence-electron chi connectivity index (χ3n) is 2.78. The van der Waals surface area contributed by atoms with Crippen molar-refractivity contribution in [3.05, 3.63) is 35.4 Å². The van der Waals surface area contributed by atoms with Gasteiger partial charge in [0.2, 0.25) is 0 Å². The van der Waals surface area contributed by atoms with Gasteiger partial charge >= 0.3 is 0 Å². The maximum Gasteiger partial charge on any atom is 0.162 e. The van der Waals surface area contributed by atoms with Crippen molar-refractivity contribution in [2.75, 3.05) is 6.61 Å². The van der Waals surface area contributed by atoms with Gasteiger partial charge in [0.05, 0.1) is 0 Å². The molecule has 1 heterocycles. The van der Waals surface area contributed by atoms with Gasteiger partial charge in [-0.2, -0.15) is 0 Å². The Morgan fingerprint density at radius 1 is 1.19 bits per heavy atom. The van der Waals surface area contributed by atoms with Crippen molar-refractivity contribution >= 4 is 5.70 Å². The van der Waals surface area contributed by atoms with Crippen LogP contribution in [-0.4, -0.2) is 12.6 Å². The zero-order valence-corrected chi connectivity index (χ0v) is 8.59. The topological polar surface area (TPSA) is 21.3 Å². The van der Waals surface area contributed by atoms with Crippen LogP contribution in [0, 0.1) is 11.6 Å². The Kier molecular flexibility index (Phi) is 2.09. The van der Waals surface area contributed by atoms with Crippen molar-refractivity contribution in [3.8, 4) is 5.75 Å². The normalized spacial score (nSPS) is 18.5. The lowest BCUT2D eigenvalue weighted by Crippen LogP contribution is -2.19. The molecule has 1 saturated carbocycles. The van der Waals surface area contributed by atoms with Gasteiger partial charge in [-0.25, -0.2) is 8.78 Å². The maximum absolute atomic E-state index is 13.1. The predicted octanol–water partition coefficient (Wildman–Crippen LogP) is 2.45. The summed E-state index contributed by atoms with van der Waals surface area (Å²) in [5.41, 5.74) is 1.46. The van der Waals surface area contributed by atoms with Gasteiger partial charge in [0.15, 0.2) is 11.6 Å². The van der Waals surface area contributed by atoms with Crippen LogP contribution in [0.15, 0.2) is 18.2 Å². The molecule has 2 aliphatic rings. The average Bonchev–Trinajstić information content (AvgIpc) is 3.05. The number of hydrogen-bond acceptors (Lipinski definition) is 2. The van der Waals surface area contributed by atoms with E-state index in [0.717, 1.165) is 24.6 Å². The highest BCUT2D eigenvalue weighted by atomic mass is 19.2. The molecule has 0 amide bonds. The molecule has 1 aliphatic carbocycles. The Labute approximate surface area is 91.9 Å². The summed E-state index contributed by atoms with van der Waals surface area (Å²) in [6, 6.07) is 2.77. The lowest BCUT2D eigenvalue weighted by atomic mass is 10.1. The van der Waals surface area contributed by atoms with Gasteiger partial charge < -0.3 is 10.1 Å². The second-order valence-electron chi connectivity index (χ2n) is 4.11. The quantitative estimate of drug-likeness (QED) is 0.831. The minimum absolute atomic E-state index is 0.396. The van der Waals surface area contributed by atoms with E-state index in [9.17, 15) is 8.78 Å². The van der Waals surface area contributed by atoms with Crippen LogP contribution in [0.5, 0.6) is 5.75 Å². The SMILES string of the molecule is Fc1cc2c(cc1F)C(NC1CC1)=CCO2. The van der Waals surface area contributed by atoms with Crippen molar-refractivity contribution in [3.63, 3.8) is 0 Å². The standard InChI is InChI=1S/C12H11F2NO/c13-9-5-8-11(15-7-1-2-7)3-4-16-12(8)6-10(9)14/h3,5-7,15H,1-2,4H2. The van der Waals surface area contributed by atoms with Gasteiger partial charge in [-0.15, -0.1) is 0 Å². The summed E-state index contributed by atoms with van der Waals surface area (Å²) >= 11 is 0. The van der Waals surface area contributed by atoms with E-state index >= 15 is 0 Å². The van der Waals surface area contributed by atoms with E-state index in [2.05, 4.69) is 5.32 Å². The fourth-order valence-electron chi connectivity index (χ4n) is 1.77. The Balaban J connectivity index is 1.99. The summed E-state index contributed by atoms with van der Waals surface area (Å²) in [4.78, 5) is 0. The van der Waals surface area contributed by atoms with Crippen LogP contribution in [0.2, 0.25) is 0 Å². The van der Waals surface area contributed by atoms with E-state index < -0.39 is 11.6 Å². The molecule has 0 spiro atoms. The number of ether oxygens (including phenoxy) is 1. The monoisotopic (exact) mass is 223 g/mol. The van der Waals surface area contributed by atoms with Gasteiger partial charge in [-0.3, -0.25) is 0 Å². The largest absolute Gasteiger partial charge is 0.489 e. The molecule has 0 saturated heterocycles. The Morgan fingerprint density at radius 3 is 2.69 bits per heavy atom. The van der Waals surface area contributed by atoms with E-state index in [1.165, 1.54) is 6.07 Å². The van der Waals surface area contributed by atoms with E-state index in [4.69, 9.17) is 4.74 Å². The summed E-state index contributed by atoms with van der Waals surface area (Å²) in [6.45, 7) is 0.396. The van der Waals surface area contributed by atoms with Crippen LogP contribution in [0.3, 0.4) is 0 Å². The molecule has 0 atom stereocenters. The van der Waals surface area contributed by atoms with Crippen molar-refractivity contribution in [1.82, 2.24) is 5.32 Å². The number of nitrogens with one attached hydrogen (secondary N) is 1. The molecule has 2 nitrogen and oxygen atoms in total. The van der Waals surface area contributed by atoms with E-state index in [1.54, 1.807) is 0 Å². The summed E-state index contributed by atoms with van der Waals surface area (Å²) in [7, 11) is 0. The fraction of sp³-hybridized carbons (Fsp3) is 0.333. The molecule has 0 bridgehead atoms. The maximum atomic E-state index is 13.1. The van der Waals surface area contributed by atoms with E-state index in [0.29, 0.717) is 24.0 Å². The van der Waals surface area contributed by atoms with Gasteiger partial charge in [-0.05, 0) is 25.0 Å². The van der Waals surface area contributed by atoms with Crippen LogP contribution in [0.25, 0.3) is 5.70 Å². The molecule has 1 aromatic rings. The van der Waals surface area contributed by atoms with Gasteiger partial charge in [0, 0.05) is 23.4 Å². The summed E-state index contributed by atoms with van der Waals surface area (Å²) in [5, 5.41) is 3.29. The molecular formula is C12H11F2NO. The van der Waals surface area contributed by atoms with Gasteiger partial charge in [0.1, 0.15) is 12.4 Å².